The number of thioether (sulfide) groups is 1. The van der Waals surface area contributed by atoms with Crippen LogP contribution in [0.2, 0.25) is 0 Å². The number of amides is 1. The molecule has 1 aromatic rings. The lowest BCUT2D eigenvalue weighted by Gasteiger charge is -2.29. The van der Waals surface area contributed by atoms with E-state index in [1.165, 1.54) is 31.0 Å². The highest BCUT2D eigenvalue weighted by molar-refractivity contribution is 7.99. The molecule has 0 saturated heterocycles. The Kier molecular flexibility index (Phi) is 5.90. The largest absolute Gasteiger partial charge is 0.352 e. The highest BCUT2D eigenvalue weighted by Crippen LogP contribution is 2.24. The SMILES string of the molecule is CCCn1c(SCC(=O)N[C@@H]2CCCC[C@H]2C)n[nH]c1=O. The molecule has 7 heteroatoms. The van der Waals surface area contributed by atoms with Gasteiger partial charge in [-0.05, 0) is 25.2 Å². The van der Waals surface area contributed by atoms with Gasteiger partial charge in [-0.3, -0.25) is 9.36 Å². The number of nitrogens with one attached hydrogen (secondary N) is 2. The summed E-state index contributed by atoms with van der Waals surface area (Å²) in [7, 11) is 0. The molecule has 0 aliphatic heterocycles. The van der Waals surface area contributed by atoms with E-state index in [2.05, 4.69) is 22.4 Å². The third kappa shape index (κ3) is 4.36. The van der Waals surface area contributed by atoms with Gasteiger partial charge in [-0.25, -0.2) is 9.89 Å². The average Bonchev–Trinajstić information content (AvgIpc) is 2.81. The van der Waals surface area contributed by atoms with Crippen LogP contribution < -0.4 is 11.0 Å². The number of carbonyl (C=O) groups excluding carboxylic acids is 1. The van der Waals surface area contributed by atoms with E-state index in [0.717, 1.165) is 12.8 Å². The van der Waals surface area contributed by atoms with Crippen molar-refractivity contribution in [2.45, 2.75) is 63.7 Å². The van der Waals surface area contributed by atoms with E-state index >= 15 is 0 Å². The van der Waals surface area contributed by atoms with Crippen LogP contribution in [0.15, 0.2) is 9.95 Å². The van der Waals surface area contributed by atoms with E-state index in [1.54, 1.807) is 4.57 Å². The minimum Gasteiger partial charge on any atom is -0.352 e. The summed E-state index contributed by atoms with van der Waals surface area (Å²) in [6, 6.07) is 0.295. The van der Waals surface area contributed by atoms with E-state index in [4.69, 9.17) is 0 Å². The lowest BCUT2D eigenvalue weighted by molar-refractivity contribution is -0.119. The number of aromatic nitrogens is 3. The lowest BCUT2D eigenvalue weighted by Crippen LogP contribution is -2.41. The third-order valence-corrected chi connectivity index (χ3v) is 4.94. The van der Waals surface area contributed by atoms with Gasteiger partial charge in [0.1, 0.15) is 0 Å². The van der Waals surface area contributed by atoms with Crippen molar-refractivity contribution in [1.29, 1.82) is 0 Å². The van der Waals surface area contributed by atoms with E-state index in [-0.39, 0.29) is 11.6 Å². The maximum atomic E-state index is 12.0. The van der Waals surface area contributed by atoms with Gasteiger partial charge >= 0.3 is 5.69 Å². The Morgan fingerprint density at radius 3 is 2.95 bits per heavy atom. The van der Waals surface area contributed by atoms with Crippen LogP contribution in [0, 0.1) is 5.92 Å². The van der Waals surface area contributed by atoms with Crippen molar-refractivity contribution in [1.82, 2.24) is 20.1 Å². The van der Waals surface area contributed by atoms with Crippen molar-refractivity contribution in [2.75, 3.05) is 5.75 Å². The summed E-state index contributed by atoms with van der Waals surface area (Å²) in [6.07, 6.45) is 5.57. The Labute approximate surface area is 129 Å². The van der Waals surface area contributed by atoms with Crippen LogP contribution >= 0.6 is 11.8 Å². The van der Waals surface area contributed by atoms with Crippen LogP contribution in [-0.4, -0.2) is 32.5 Å². The zero-order valence-electron chi connectivity index (χ0n) is 12.7. The second-order valence-corrected chi connectivity index (χ2v) is 6.63. The Morgan fingerprint density at radius 2 is 2.24 bits per heavy atom. The number of aromatic amines is 1. The number of H-pyrrole nitrogens is 1. The number of nitrogens with zero attached hydrogens (tertiary/aromatic N) is 2. The van der Waals surface area contributed by atoms with E-state index in [1.807, 2.05) is 6.92 Å². The maximum absolute atomic E-state index is 12.0. The lowest BCUT2D eigenvalue weighted by atomic mass is 9.86. The minimum absolute atomic E-state index is 0.0252. The molecule has 0 radical (unpaired) electrons. The number of carbonyl (C=O) groups is 1. The van der Waals surface area contributed by atoms with Crippen molar-refractivity contribution >= 4 is 17.7 Å². The summed E-state index contributed by atoms with van der Waals surface area (Å²) in [5.41, 5.74) is -0.208. The van der Waals surface area contributed by atoms with Gasteiger partial charge in [0.2, 0.25) is 5.91 Å². The van der Waals surface area contributed by atoms with Gasteiger partial charge in [-0.2, -0.15) is 0 Å². The second kappa shape index (κ2) is 7.68. The summed E-state index contributed by atoms with van der Waals surface area (Å²) in [4.78, 5) is 23.6. The first kappa shape index (κ1) is 16.1. The Morgan fingerprint density at radius 1 is 1.48 bits per heavy atom. The molecule has 118 valence electrons. The molecule has 1 saturated carbocycles. The van der Waals surface area contributed by atoms with Crippen LogP contribution in [0.5, 0.6) is 0 Å². The number of hydrogen-bond acceptors (Lipinski definition) is 4. The topological polar surface area (TPSA) is 79.8 Å². The highest BCUT2D eigenvalue weighted by atomic mass is 32.2. The molecule has 0 aromatic carbocycles. The fourth-order valence-corrected chi connectivity index (χ4v) is 3.53. The second-order valence-electron chi connectivity index (χ2n) is 5.69. The summed E-state index contributed by atoms with van der Waals surface area (Å²) >= 11 is 1.31. The van der Waals surface area contributed by atoms with E-state index in [0.29, 0.717) is 29.4 Å². The minimum atomic E-state index is -0.208. The fraction of sp³-hybridized carbons (Fsp3) is 0.786. The predicted molar refractivity (Wildman–Crippen MR) is 83.4 cm³/mol. The molecule has 0 bridgehead atoms. The van der Waals surface area contributed by atoms with Gasteiger partial charge in [0.25, 0.3) is 0 Å². The quantitative estimate of drug-likeness (QED) is 0.785. The number of rotatable bonds is 6. The molecule has 1 aliphatic carbocycles. The van der Waals surface area contributed by atoms with Crippen LogP contribution in [0.4, 0.5) is 0 Å². The summed E-state index contributed by atoms with van der Waals surface area (Å²) < 4.78 is 1.58. The zero-order valence-corrected chi connectivity index (χ0v) is 13.5. The first-order valence-electron chi connectivity index (χ1n) is 7.69. The monoisotopic (exact) mass is 312 g/mol. The summed E-state index contributed by atoms with van der Waals surface area (Å²) in [5, 5.41) is 10.1. The smallest absolute Gasteiger partial charge is 0.343 e. The maximum Gasteiger partial charge on any atom is 0.343 e. The van der Waals surface area contributed by atoms with Crippen LogP contribution in [0.1, 0.15) is 46.0 Å². The summed E-state index contributed by atoms with van der Waals surface area (Å²) in [5.74, 6) is 0.880. The van der Waals surface area contributed by atoms with Gasteiger partial charge in [0, 0.05) is 12.6 Å². The molecular weight excluding hydrogens is 288 g/mol. The zero-order chi connectivity index (χ0) is 15.2. The van der Waals surface area contributed by atoms with Crippen molar-refractivity contribution in [3.8, 4) is 0 Å². The standard InChI is InChI=1S/C14H24N4O2S/c1-3-8-18-13(20)16-17-14(18)21-9-12(19)15-11-7-5-4-6-10(11)2/h10-11H,3-9H2,1-2H3,(H,15,19)(H,16,20)/t10-,11-/m1/s1. The molecule has 2 N–H and O–H groups in total. The highest BCUT2D eigenvalue weighted by Gasteiger charge is 2.23. The van der Waals surface area contributed by atoms with Crippen LogP contribution in [-0.2, 0) is 11.3 Å². The van der Waals surface area contributed by atoms with E-state index in [9.17, 15) is 9.59 Å². The molecule has 1 fully saturated rings. The van der Waals surface area contributed by atoms with Crippen LogP contribution in [0.3, 0.4) is 0 Å². The molecule has 1 aliphatic rings. The van der Waals surface area contributed by atoms with Gasteiger partial charge in [-0.1, -0.05) is 38.5 Å². The first-order chi connectivity index (χ1) is 10.1. The van der Waals surface area contributed by atoms with Crippen molar-refractivity contribution in [3.05, 3.63) is 10.5 Å². The molecule has 6 nitrogen and oxygen atoms in total. The molecule has 2 rings (SSSR count). The fourth-order valence-electron chi connectivity index (χ4n) is 2.74. The summed E-state index contributed by atoms with van der Waals surface area (Å²) in [6.45, 7) is 4.83. The molecule has 1 heterocycles. The normalized spacial score (nSPS) is 22.2. The molecule has 0 unspecified atom stereocenters. The van der Waals surface area contributed by atoms with Crippen molar-refractivity contribution in [2.24, 2.45) is 5.92 Å². The Bertz CT molecular complexity index is 525. The number of hydrogen-bond donors (Lipinski definition) is 2. The Hall–Kier alpha value is -1.24. The molecular formula is C14H24N4O2S. The van der Waals surface area contributed by atoms with Gasteiger partial charge in [0.15, 0.2) is 5.16 Å². The van der Waals surface area contributed by atoms with Gasteiger partial charge < -0.3 is 5.32 Å². The molecule has 21 heavy (non-hydrogen) atoms. The molecule has 1 aromatic heterocycles. The molecule has 2 atom stereocenters. The van der Waals surface area contributed by atoms with Crippen molar-refractivity contribution in [3.63, 3.8) is 0 Å². The van der Waals surface area contributed by atoms with Crippen molar-refractivity contribution < 1.29 is 4.79 Å². The van der Waals surface area contributed by atoms with E-state index < -0.39 is 0 Å². The molecule has 1 amide bonds. The average molecular weight is 312 g/mol. The molecule has 0 spiro atoms. The van der Waals surface area contributed by atoms with Gasteiger partial charge in [-0.15, -0.1) is 5.10 Å². The Balaban J connectivity index is 1.85. The third-order valence-electron chi connectivity index (χ3n) is 3.96. The first-order valence-corrected chi connectivity index (χ1v) is 8.67. The van der Waals surface area contributed by atoms with Gasteiger partial charge in [0.05, 0.1) is 5.75 Å². The van der Waals surface area contributed by atoms with Crippen LogP contribution in [0.25, 0.3) is 0 Å². The predicted octanol–water partition coefficient (Wildman–Crippen LogP) is 1.77.